The van der Waals surface area contributed by atoms with Gasteiger partial charge in [-0.3, -0.25) is 0 Å². The van der Waals surface area contributed by atoms with Crippen LogP contribution < -0.4 is 5.32 Å². The molecule has 1 rings (SSSR count). The molecule has 16 heavy (non-hydrogen) atoms. The van der Waals surface area contributed by atoms with Crippen molar-refractivity contribution in [3.8, 4) is 0 Å². The number of rotatable bonds is 7. The number of nitrogens with one attached hydrogen (secondary N) is 1. The summed E-state index contributed by atoms with van der Waals surface area (Å²) in [4.78, 5) is 0. The zero-order valence-corrected chi connectivity index (χ0v) is 11.0. The topological polar surface area (TPSA) is 30.5 Å². The summed E-state index contributed by atoms with van der Waals surface area (Å²) in [6, 6.07) is 0.613. The van der Waals surface area contributed by atoms with Crippen LogP contribution in [0.15, 0.2) is 0 Å². The second-order valence-corrected chi connectivity index (χ2v) is 5.10. The third-order valence-corrected chi connectivity index (χ3v) is 3.32. The van der Waals surface area contributed by atoms with Gasteiger partial charge in [0.15, 0.2) is 0 Å². The largest absolute Gasteiger partial charge is 0.381 e. The Kier molecular flexibility index (Phi) is 7.01. The molecule has 0 bridgehead atoms. The fourth-order valence-corrected chi connectivity index (χ4v) is 2.12. The van der Waals surface area contributed by atoms with E-state index in [0.29, 0.717) is 12.0 Å². The molecular weight excluding hydrogens is 202 g/mol. The minimum Gasteiger partial charge on any atom is -0.381 e. The monoisotopic (exact) mass is 229 g/mol. The van der Waals surface area contributed by atoms with Gasteiger partial charge >= 0.3 is 0 Å². The number of ether oxygens (including phenoxy) is 2. The van der Waals surface area contributed by atoms with Crippen LogP contribution in [0.5, 0.6) is 0 Å². The summed E-state index contributed by atoms with van der Waals surface area (Å²) in [7, 11) is 2.04. The molecule has 2 unspecified atom stereocenters. The number of hydrogen-bond acceptors (Lipinski definition) is 3. The SMILES string of the molecule is CNC1CCOCC1CCOCCC(C)C. The van der Waals surface area contributed by atoms with Crippen LogP contribution in [0, 0.1) is 11.8 Å². The normalized spacial score (nSPS) is 26.2. The molecule has 0 saturated carbocycles. The van der Waals surface area contributed by atoms with E-state index in [1.807, 2.05) is 7.05 Å². The molecule has 0 amide bonds. The van der Waals surface area contributed by atoms with Crippen molar-refractivity contribution < 1.29 is 9.47 Å². The Morgan fingerprint density at radius 3 is 2.88 bits per heavy atom. The third kappa shape index (κ3) is 5.28. The summed E-state index contributed by atoms with van der Waals surface area (Å²) >= 11 is 0. The van der Waals surface area contributed by atoms with E-state index in [4.69, 9.17) is 9.47 Å². The number of hydrogen-bond donors (Lipinski definition) is 1. The highest BCUT2D eigenvalue weighted by atomic mass is 16.5. The molecule has 1 aliphatic rings. The Morgan fingerprint density at radius 1 is 1.38 bits per heavy atom. The van der Waals surface area contributed by atoms with E-state index < -0.39 is 0 Å². The lowest BCUT2D eigenvalue weighted by atomic mass is 9.93. The fourth-order valence-electron chi connectivity index (χ4n) is 2.12. The van der Waals surface area contributed by atoms with Gasteiger partial charge in [0, 0.05) is 25.9 Å². The Bertz CT molecular complexity index is 173. The van der Waals surface area contributed by atoms with Gasteiger partial charge in [0.2, 0.25) is 0 Å². The van der Waals surface area contributed by atoms with E-state index in [-0.39, 0.29) is 0 Å². The minimum atomic E-state index is 0.613. The van der Waals surface area contributed by atoms with E-state index >= 15 is 0 Å². The lowest BCUT2D eigenvalue weighted by Crippen LogP contribution is -2.41. The van der Waals surface area contributed by atoms with E-state index in [2.05, 4.69) is 19.2 Å². The Morgan fingerprint density at radius 2 is 2.19 bits per heavy atom. The molecule has 3 heteroatoms. The van der Waals surface area contributed by atoms with Crippen LogP contribution in [0.25, 0.3) is 0 Å². The van der Waals surface area contributed by atoms with E-state index in [1.165, 1.54) is 0 Å². The van der Waals surface area contributed by atoms with E-state index in [9.17, 15) is 0 Å². The zero-order valence-electron chi connectivity index (χ0n) is 11.0. The maximum atomic E-state index is 5.66. The van der Waals surface area contributed by atoms with Crippen LogP contribution in [-0.4, -0.2) is 39.5 Å². The minimum absolute atomic E-state index is 0.613. The molecule has 0 aliphatic carbocycles. The highest BCUT2D eigenvalue weighted by Gasteiger charge is 2.23. The summed E-state index contributed by atoms with van der Waals surface area (Å²) in [6.07, 6.45) is 3.41. The van der Waals surface area contributed by atoms with Gasteiger partial charge in [0.25, 0.3) is 0 Å². The molecule has 3 nitrogen and oxygen atoms in total. The molecule has 1 N–H and O–H groups in total. The predicted octanol–water partition coefficient (Wildman–Crippen LogP) is 2.06. The molecule has 0 aromatic rings. The Hall–Kier alpha value is -0.120. The summed E-state index contributed by atoms with van der Waals surface area (Å²) in [5.74, 6) is 1.36. The molecule has 1 heterocycles. The average Bonchev–Trinajstić information content (AvgIpc) is 2.29. The smallest absolute Gasteiger partial charge is 0.0510 e. The Balaban J connectivity index is 2.06. The second kappa shape index (κ2) is 8.04. The van der Waals surface area contributed by atoms with Gasteiger partial charge in [-0.05, 0) is 38.1 Å². The van der Waals surface area contributed by atoms with Gasteiger partial charge in [-0.1, -0.05) is 13.8 Å². The quantitative estimate of drug-likeness (QED) is 0.678. The van der Waals surface area contributed by atoms with Gasteiger partial charge in [-0.2, -0.15) is 0 Å². The summed E-state index contributed by atoms with van der Waals surface area (Å²) in [6.45, 7) is 8.02. The van der Waals surface area contributed by atoms with Crippen molar-refractivity contribution in [1.29, 1.82) is 0 Å². The van der Waals surface area contributed by atoms with Crippen LogP contribution >= 0.6 is 0 Å². The molecule has 2 atom stereocenters. The van der Waals surface area contributed by atoms with Gasteiger partial charge in [0.05, 0.1) is 6.61 Å². The van der Waals surface area contributed by atoms with Gasteiger partial charge in [-0.25, -0.2) is 0 Å². The second-order valence-electron chi connectivity index (χ2n) is 5.10. The summed E-state index contributed by atoms with van der Waals surface area (Å²) in [5, 5.41) is 3.38. The average molecular weight is 229 g/mol. The third-order valence-electron chi connectivity index (χ3n) is 3.32. The highest BCUT2D eigenvalue weighted by Crippen LogP contribution is 2.18. The lowest BCUT2D eigenvalue weighted by Gasteiger charge is -2.31. The van der Waals surface area contributed by atoms with Crippen LogP contribution in [0.1, 0.15) is 33.1 Å². The van der Waals surface area contributed by atoms with Crippen molar-refractivity contribution >= 4 is 0 Å². The molecule has 0 radical (unpaired) electrons. The molecule has 0 aromatic heterocycles. The molecule has 1 aliphatic heterocycles. The van der Waals surface area contributed by atoms with Gasteiger partial charge in [-0.15, -0.1) is 0 Å². The maximum Gasteiger partial charge on any atom is 0.0510 e. The first-order valence-electron chi connectivity index (χ1n) is 6.56. The molecule has 0 spiro atoms. The lowest BCUT2D eigenvalue weighted by molar-refractivity contribution is 0.0147. The van der Waals surface area contributed by atoms with Crippen molar-refractivity contribution in [3.63, 3.8) is 0 Å². The van der Waals surface area contributed by atoms with Gasteiger partial charge < -0.3 is 14.8 Å². The first-order chi connectivity index (χ1) is 7.74. The van der Waals surface area contributed by atoms with Gasteiger partial charge in [0.1, 0.15) is 0 Å². The van der Waals surface area contributed by atoms with E-state index in [0.717, 1.165) is 51.6 Å². The zero-order chi connectivity index (χ0) is 11.8. The first kappa shape index (κ1) is 13.9. The van der Waals surface area contributed by atoms with Crippen molar-refractivity contribution in [2.24, 2.45) is 11.8 Å². The van der Waals surface area contributed by atoms with E-state index in [1.54, 1.807) is 0 Å². The summed E-state index contributed by atoms with van der Waals surface area (Å²) < 4.78 is 11.2. The molecule has 1 fully saturated rings. The Labute approximate surface area is 99.9 Å². The predicted molar refractivity (Wildman–Crippen MR) is 66.7 cm³/mol. The van der Waals surface area contributed by atoms with Crippen LogP contribution in [0.4, 0.5) is 0 Å². The maximum absolute atomic E-state index is 5.66. The standard InChI is InChI=1S/C13H27NO2/c1-11(2)4-7-15-8-5-12-10-16-9-6-13(12)14-3/h11-14H,4-10H2,1-3H3. The van der Waals surface area contributed by atoms with Crippen molar-refractivity contribution in [2.45, 2.75) is 39.2 Å². The summed E-state index contributed by atoms with van der Waals surface area (Å²) in [5.41, 5.74) is 0. The van der Waals surface area contributed by atoms with Crippen LogP contribution in [-0.2, 0) is 9.47 Å². The molecule has 1 saturated heterocycles. The van der Waals surface area contributed by atoms with Crippen LogP contribution in [0.3, 0.4) is 0 Å². The van der Waals surface area contributed by atoms with Crippen LogP contribution in [0.2, 0.25) is 0 Å². The van der Waals surface area contributed by atoms with Crippen molar-refractivity contribution in [2.75, 3.05) is 33.5 Å². The van der Waals surface area contributed by atoms with Crippen molar-refractivity contribution in [1.82, 2.24) is 5.32 Å². The highest BCUT2D eigenvalue weighted by molar-refractivity contribution is 4.78. The fraction of sp³-hybridized carbons (Fsp3) is 1.00. The molecule has 0 aromatic carbocycles. The molecular formula is C13H27NO2. The molecule has 96 valence electrons. The first-order valence-corrected chi connectivity index (χ1v) is 6.56. The van der Waals surface area contributed by atoms with Crippen molar-refractivity contribution in [3.05, 3.63) is 0 Å².